The largest absolute Gasteiger partial charge is 0.312 e. The molecule has 0 spiro atoms. The monoisotopic (exact) mass is 398 g/mol. The molecule has 1 aliphatic heterocycles. The molecule has 0 aromatic heterocycles. The molecule has 148 valence electrons. The minimum Gasteiger partial charge on any atom is -0.312 e. The Hall–Kier alpha value is -2.18. The van der Waals surface area contributed by atoms with Gasteiger partial charge in [-0.2, -0.15) is 0 Å². The second-order valence-corrected chi connectivity index (χ2v) is 9.72. The van der Waals surface area contributed by atoms with Crippen LogP contribution in [0.5, 0.6) is 0 Å². The summed E-state index contributed by atoms with van der Waals surface area (Å²) in [5.41, 5.74) is 4.98. The van der Waals surface area contributed by atoms with E-state index in [2.05, 4.69) is 10.8 Å². The first-order chi connectivity index (χ1) is 13.3. The Bertz CT molecular complexity index is 1040. The number of anilines is 1. The molecule has 1 aliphatic carbocycles. The van der Waals surface area contributed by atoms with Gasteiger partial charge in [-0.25, -0.2) is 13.1 Å². The van der Waals surface area contributed by atoms with Gasteiger partial charge in [0.1, 0.15) is 0 Å². The number of benzene rings is 2. The molecule has 2 aromatic rings. The highest BCUT2D eigenvalue weighted by Crippen LogP contribution is 2.37. The molecular formula is C22H26N2O3S. The average molecular weight is 399 g/mol. The highest BCUT2D eigenvalue weighted by Gasteiger charge is 2.36. The van der Waals surface area contributed by atoms with E-state index >= 15 is 0 Å². The van der Waals surface area contributed by atoms with Gasteiger partial charge in [0.2, 0.25) is 15.9 Å². The van der Waals surface area contributed by atoms with E-state index in [9.17, 15) is 13.2 Å². The van der Waals surface area contributed by atoms with Crippen molar-refractivity contribution in [3.05, 3.63) is 58.7 Å². The van der Waals surface area contributed by atoms with Crippen molar-refractivity contribution < 1.29 is 13.2 Å². The first-order valence-corrected chi connectivity index (χ1v) is 11.3. The second-order valence-electron chi connectivity index (χ2n) is 8.01. The number of carbonyl (C=O) groups excluding carboxylic acids is 1. The van der Waals surface area contributed by atoms with Gasteiger partial charge in [-0.15, -0.1) is 0 Å². The molecule has 1 saturated carbocycles. The predicted molar refractivity (Wildman–Crippen MR) is 110 cm³/mol. The van der Waals surface area contributed by atoms with Crippen molar-refractivity contribution in [1.29, 1.82) is 0 Å². The zero-order valence-corrected chi connectivity index (χ0v) is 17.3. The van der Waals surface area contributed by atoms with E-state index in [0.717, 1.165) is 40.8 Å². The SMILES string of the molecule is Cc1ccc([C@H](C)NS(=O)(=O)c2ccc3c(c2)CCN3C(=O)C2CC2)c(C)c1. The maximum atomic E-state index is 12.9. The number of hydrogen-bond acceptors (Lipinski definition) is 3. The van der Waals surface area contributed by atoms with Crippen molar-refractivity contribution in [2.75, 3.05) is 11.4 Å². The van der Waals surface area contributed by atoms with Crippen molar-refractivity contribution in [2.24, 2.45) is 5.92 Å². The fourth-order valence-electron chi connectivity index (χ4n) is 4.00. The fraction of sp³-hybridized carbons (Fsp3) is 0.409. The van der Waals surface area contributed by atoms with Gasteiger partial charge in [0.05, 0.1) is 4.90 Å². The van der Waals surface area contributed by atoms with E-state index in [1.54, 1.807) is 18.2 Å². The maximum absolute atomic E-state index is 12.9. The molecule has 1 heterocycles. The quantitative estimate of drug-likeness (QED) is 0.836. The molecule has 1 atom stereocenters. The van der Waals surface area contributed by atoms with Gasteiger partial charge in [-0.05, 0) is 74.9 Å². The molecule has 2 aliphatic rings. The summed E-state index contributed by atoms with van der Waals surface area (Å²) in [4.78, 5) is 14.5. The Morgan fingerprint density at radius 3 is 2.57 bits per heavy atom. The molecule has 1 amide bonds. The van der Waals surface area contributed by atoms with Crippen LogP contribution in [0, 0.1) is 19.8 Å². The van der Waals surface area contributed by atoms with Crippen molar-refractivity contribution in [3.63, 3.8) is 0 Å². The average Bonchev–Trinajstić information content (AvgIpc) is 3.39. The molecule has 1 N–H and O–H groups in total. The summed E-state index contributed by atoms with van der Waals surface area (Å²) in [6, 6.07) is 10.8. The smallest absolute Gasteiger partial charge is 0.241 e. The Morgan fingerprint density at radius 2 is 1.89 bits per heavy atom. The van der Waals surface area contributed by atoms with E-state index in [1.807, 2.05) is 37.8 Å². The first-order valence-electron chi connectivity index (χ1n) is 9.80. The Balaban J connectivity index is 1.56. The van der Waals surface area contributed by atoms with Gasteiger partial charge in [-0.1, -0.05) is 23.8 Å². The number of nitrogens with zero attached hydrogens (tertiary/aromatic N) is 1. The van der Waals surface area contributed by atoms with Crippen LogP contribution in [0.1, 0.15) is 48.1 Å². The van der Waals surface area contributed by atoms with Gasteiger partial charge in [0, 0.05) is 24.2 Å². The number of carbonyl (C=O) groups is 1. The molecule has 6 heteroatoms. The maximum Gasteiger partial charge on any atom is 0.241 e. The third kappa shape index (κ3) is 3.59. The van der Waals surface area contributed by atoms with Crippen LogP contribution in [0.25, 0.3) is 0 Å². The van der Waals surface area contributed by atoms with Crippen molar-refractivity contribution in [3.8, 4) is 0 Å². The van der Waals surface area contributed by atoms with E-state index in [0.29, 0.717) is 13.0 Å². The summed E-state index contributed by atoms with van der Waals surface area (Å²) in [5.74, 6) is 0.338. The zero-order valence-electron chi connectivity index (χ0n) is 16.5. The lowest BCUT2D eigenvalue weighted by molar-refractivity contribution is -0.119. The highest BCUT2D eigenvalue weighted by atomic mass is 32.2. The minimum atomic E-state index is -3.65. The van der Waals surface area contributed by atoms with Gasteiger partial charge >= 0.3 is 0 Å². The van der Waals surface area contributed by atoms with Crippen molar-refractivity contribution >= 4 is 21.6 Å². The van der Waals surface area contributed by atoms with Gasteiger partial charge < -0.3 is 4.90 Å². The van der Waals surface area contributed by atoms with Crippen LogP contribution in [0.3, 0.4) is 0 Å². The summed E-state index contributed by atoms with van der Waals surface area (Å²) in [6.07, 6.45) is 2.64. The molecule has 5 nitrogen and oxygen atoms in total. The number of rotatable bonds is 5. The Morgan fingerprint density at radius 1 is 1.14 bits per heavy atom. The van der Waals surface area contributed by atoms with Gasteiger partial charge in [0.25, 0.3) is 0 Å². The van der Waals surface area contributed by atoms with E-state index < -0.39 is 10.0 Å². The third-order valence-electron chi connectivity index (χ3n) is 5.67. The lowest BCUT2D eigenvalue weighted by atomic mass is 10.0. The van der Waals surface area contributed by atoms with Crippen LogP contribution in [-0.2, 0) is 21.2 Å². The lowest BCUT2D eigenvalue weighted by Crippen LogP contribution is -2.30. The zero-order chi connectivity index (χ0) is 20.1. The van der Waals surface area contributed by atoms with E-state index in [4.69, 9.17) is 0 Å². The molecule has 28 heavy (non-hydrogen) atoms. The van der Waals surface area contributed by atoms with Crippen LogP contribution in [0.2, 0.25) is 0 Å². The summed E-state index contributed by atoms with van der Waals surface area (Å²) in [6.45, 7) is 6.51. The van der Waals surface area contributed by atoms with Crippen LogP contribution < -0.4 is 9.62 Å². The molecule has 0 bridgehead atoms. The predicted octanol–water partition coefficient (Wildman–Crippen LogP) is 3.64. The molecule has 4 rings (SSSR count). The van der Waals surface area contributed by atoms with Gasteiger partial charge in [0.15, 0.2) is 0 Å². The Kier molecular flexibility index (Phi) is 4.79. The number of hydrogen-bond donors (Lipinski definition) is 1. The van der Waals surface area contributed by atoms with Crippen molar-refractivity contribution in [2.45, 2.75) is 51.0 Å². The number of fused-ring (bicyclic) bond motifs is 1. The summed E-state index contributed by atoms with van der Waals surface area (Å²) < 4.78 is 28.7. The fourth-order valence-corrected chi connectivity index (χ4v) is 5.27. The first kappa shape index (κ1) is 19.2. The molecule has 1 fully saturated rings. The second kappa shape index (κ2) is 7.01. The van der Waals surface area contributed by atoms with Gasteiger partial charge in [-0.3, -0.25) is 4.79 Å². The molecule has 2 aromatic carbocycles. The molecule has 0 unspecified atom stereocenters. The number of amides is 1. The van der Waals surface area contributed by atoms with Crippen LogP contribution in [0.4, 0.5) is 5.69 Å². The minimum absolute atomic E-state index is 0.162. The van der Waals surface area contributed by atoms with Crippen LogP contribution >= 0.6 is 0 Å². The Labute approximate surface area is 166 Å². The molecule has 0 radical (unpaired) electrons. The number of aryl methyl sites for hydroxylation is 2. The van der Waals surface area contributed by atoms with Crippen LogP contribution in [0.15, 0.2) is 41.3 Å². The third-order valence-corrected chi connectivity index (χ3v) is 7.21. The number of sulfonamides is 1. The van der Waals surface area contributed by atoms with Crippen LogP contribution in [-0.4, -0.2) is 20.9 Å². The lowest BCUT2D eigenvalue weighted by Gasteiger charge is -2.19. The van der Waals surface area contributed by atoms with Crippen molar-refractivity contribution in [1.82, 2.24) is 4.72 Å². The summed E-state index contributed by atoms with van der Waals surface area (Å²) in [7, 11) is -3.65. The van der Waals surface area contributed by atoms with E-state index in [1.165, 1.54) is 0 Å². The topological polar surface area (TPSA) is 66.5 Å². The normalized spacial score (nSPS) is 17.5. The summed E-state index contributed by atoms with van der Waals surface area (Å²) in [5, 5.41) is 0. The molecule has 0 saturated heterocycles. The standard InChI is InChI=1S/C22H26N2O3S/c1-14-4-8-20(15(2)12-14)16(3)23-28(26,27)19-7-9-21-18(13-19)10-11-24(21)22(25)17-5-6-17/h4,7-9,12-13,16-17,23H,5-6,10-11H2,1-3H3/t16-/m0/s1. The molecular weight excluding hydrogens is 372 g/mol. The summed E-state index contributed by atoms with van der Waals surface area (Å²) >= 11 is 0. The van der Waals surface area contributed by atoms with E-state index in [-0.39, 0.29) is 22.8 Å². The highest BCUT2D eigenvalue weighted by molar-refractivity contribution is 7.89. The number of nitrogens with one attached hydrogen (secondary N) is 1.